The number of nitrogens with zero attached hydrogens (tertiary/aromatic N) is 1. The van der Waals surface area contributed by atoms with Crippen LogP contribution in [0.15, 0.2) is 46.9 Å². The molecule has 1 aromatic heterocycles. The number of hydrogen-bond acceptors (Lipinski definition) is 4. The Kier molecular flexibility index (Phi) is 4.20. The number of amides is 1. The zero-order valence-corrected chi connectivity index (χ0v) is 10.8. The number of furan rings is 1. The molecule has 0 saturated carbocycles. The monoisotopic (exact) mass is 259 g/mol. The number of carbonyl (C=O) groups excluding carboxylic acids is 1. The SMILES string of the molecule is CCN(Cc1ccc(C(=O)NN)o1)c1ccccc1. The highest BCUT2D eigenvalue weighted by Gasteiger charge is 2.12. The predicted molar refractivity (Wildman–Crippen MR) is 73.5 cm³/mol. The van der Waals surface area contributed by atoms with E-state index in [9.17, 15) is 4.79 Å². The quantitative estimate of drug-likeness (QED) is 0.489. The first-order valence-corrected chi connectivity index (χ1v) is 6.14. The van der Waals surface area contributed by atoms with E-state index in [1.54, 1.807) is 12.1 Å². The molecule has 19 heavy (non-hydrogen) atoms. The van der Waals surface area contributed by atoms with Crippen LogP contribution in [-0.2, 0) is 6.54 Å². The van der Waals surface area contributed by atoms with Crippen LogP contribution < -0.4 is 16.2 Å². The van der Waals surface area contributed by atoms with Crippen molar-refractivity contribution in [1.82, 2.24) is 5.43 Å². The molecule has 2 aromatic rings. The number of carbonyl (C=O) groups is 1. The van der Waals surface area contributed by atoms with Gasteiger partial charge in [-0.05, 0) is 31.2 Å². The summed E-state index contributed by atoms with van der Waals surface area (Å²) in [6.07, 6.45) is 0. The van der Waals surface area contributed by atoms with Gasteiger partial charge in [-0.1, -0.05) is 18.2 Å². The Hall–Kier alpha value is -2.27. The third-order valence-electron chi connectivity index (χ3n) is 2.87. The second kappa shape index (κ2) is 6.06. The smallest absolute Gasteiger partial charge is 0.300 e. The molecule has 0 aliphatic carbocycles. The summed E-state index contributed by atoms with van der Waals surface area (Å²) in [5.41, 5.74) is 3.16. The fraction of sp³-hybridized carbons (Fsp3) is 0.214. The van der Waals surface area contributed by atoms with E-state index in [-0.39, 0.29) is 5.76 Å². The number of anilines is 1. The Bertz CT molecular complexity index is 537. The van der Waals surface area contributed by atoms with Gasteiger partial charge in [0, 0.05) is 12.2 Å². The van der Waals surface area contributed by atoms with Gasteiger partial charge < -0.3 is 9.32 Å². The molecule has 0 bridgehead atoms. The molecule has 5 nitrogen and oxygen atoms in total. The van der Waals surface area contributed by atoms with E-state index in [4.69, 9.17) is 10.3 Å². The van der Waals surface area contributed by atoms with Crippen molar-refractivity contribution in [2.24, 2.45) is 5.84 Å². The van der Waals surface area contributed by atoms with Gasteiger partial charge in [0.25, 0.3) is 0 Å². The average Bonchev–Trinajstić information content (AvgIpc) is 2.93. The molecular weight excluding hydrogens is 242 g/mol. The van der Waals surface area contributed by atoms with Crippen molar-refractivity contribution in [3.8, 4) is 0 Å². The molecule has 0 aliphatic heterocycles. The number of nitrogens with two attached hydrogens (primary N) is 1. The number of nitrogen functional groups attached to an aromatic ring is 1. The largest absolute Gasteiger partial charge is 0.454 e. The second-order valence-corrected chi connectivity index (χ2v) is 4.09. The summed E-state index contributed by atoms with van der Waals surface area (Å²) in [6, 6.07) is 13.5. The normalized spacial score (nSPS) is 10.2. The summed E-state index contributed by atoms with van der Waals surface area (Å²) in [4.78, 5) is 13.5. The Morgan fingerprint density at radius 3 is 2.63 bits per heavy atom. The standard InChI is InChI=1S/C14H17N3O2/c1-2-17(11-6-4-3-5-7-11)10-12-8-9-13(19-12)14(18)16-15/h3-9H,2,10,15H2,1H3,(H,16,18). The zero-order chi connectivity index (χ0) is 13.7. The van der Waals surface area contributed by atoms with Crippen molar-refractivity contribution in [3.05, 3.63) is 54.0 Å². The first-order chi connectivity index (χ1) is 9.24. The molecule has 0 aliphatic rings. The van der Waals surface area contributed by atoms with Gasteiger partial charge in [0.05, 0.1) is 6.54 Å². The van der Waals surface area contributed by atoms with Crippen LogP contribution in [0.3, 0.4) is 0 Å². The summed E-state index contributed by atoms with van der Waals surface area (Å²) in [7, 11) is 0. The fourth-order valence-corrected chi connectivity index (χ4v) is 1.87. The van der Waals surface area contributed by atoms with Gasteiger partial charge in [-0.3, -0.25) is 10.2 Å². The van der Waals surface area contributed by atoms with Crippen LogP contribution in [0.2, 0.25) is 0 Å². The minimum atomic E-state index is -0.422. The molecule has 1 heterocycles. The van der Waals surface area contributed by atoms with E-state index in [2.05, 4.69) is 11.8 Å². The maximum Gasteiger partial charge on any atom is 0.300 e. The average molecular weight is 259 g/mol. The van der Waals surface area contributed by atoms with E-state index < -0.39 is 5.91 Å². The fourth-order valence-electron chi connectivity index (χ4n) is 1.87. The second-order valence-electron chi connectivity index (χ2n) is 4.09. The van der Waals surface area contributed by atoms with Gasteiger partial charge >= 0.3 is 5.91 Å². The third kappa shape index (κ3) is 3.14. The highest BCUT2D eigenvalue weighted by molar-refractivity contribution is 5.90. The zero-order valence-electron chi connectivity index (χ0n) is 10.8. The van der Waals surface area contributed by atoms with Crippen molar-refractivity contribution >= 4 is 11.6 Å². The van der Waals surface area contributed by atoms with E-state index in [1.165, 1.54) is 0 Å². The number of hydrogen-bond donors (Lipinski definition) is 2. The maximum absolute atomic E-state index is 11.3. The lowest BCUT2D eigenvalue weighted by atomic mass is 10.2. The van der Waals surface area contributed by atoms with Gasteiger partial charge in [0.1, 0.15) is 5.76 Å². The van der Waals surface area contributed by atoms with Crippen LogP contribution in [0.1, 0.15) is 23.2 Å². The van der Waals surface area contributed by atoms with Gasteiger partial charge in [-0.15, -0.1) is 0 Å². The Morgan fingerprint density at radius 1 is 1.26 bits per heavy atom. The van der Waals surface area contributed by atoms with Crippen molar-refractivity contribution in [2.75, 3.05) is 11.4 Å². The van der Waals surface area contributed by atoms with Crippen LogP contribution >= 0.6 is 0 Å². The molecule has 1 amide bonds. The molecule has 100 valence electrons. The summed E-state index contributed by atoms with van der Waals surface area (Å²) in [5, 5.41) is 0. The highest BCUT2D eigenvalue weighted by atomic mass is 16.4. The Morgan fingerprint density at radius 2 is 2.00 bits per heavy atom. The van der Waals surface area contributed by atoms with Crippen LogP contribution in [0.25, 0.3) is 0 Å². The molecular formula is C14H17N3O2. The number of rotatable bonds is 5. The number of para-hydroxylation sites is 1. The minimum Gasteiger partial charge on any atom is -0.454 e. The first-order valence-electron chi connectivity index (χ1n) is 6.14. The highest BCUT2D eigenvalue weighted by Crippen LogP contribution is 2.17. The van der Waals surface area contributed by atoms with Gasteiger partial charge in [0.2, 0.25) is 0 Å². The van der Waals surface area contributed by atoms with Crippen LogP contribution in [0, 0.1) is 0 Å². The van der Waals surface area contributed by atoms with E-state index >= 15 is 0 Å². The lowest BCUT2D eigenvalue weighted by Crippen LogP contribution is -2.29. The molecule has 3 N–H and O–H groups in total. The lowest BCUT2D eigenvalue weighted by Gasteiger charge is -2.21. The van der Waals surface area contributed by atoms with Crippen molar-refractivity contribution in [2.45, 2.75) is 13.5 Å². The van der Waals surface area contributed by atoms with Gasteiger partial charge in [-0.25, -0.2) is 5.84 Å². The van der Waals surface area contributed by atoms with Crippen LogP contribution in [0.5, 0.6) is 0 Å². The van der Waals surface area contributed by atoms with E-state index in [0.717, 1.165) is 18.0 Å². The molecule has 0 fully saturated rings. The van der Waals surface area contributed by atoms with Crippen LogP contribution in [-0.4, -0.2) is 12.5 Å². The van der Waals surface area contributed by atoms with Crippen molar-refractivity contribution < 1.29 is 9.21 Å². The van der Waals surface area contributed by atoms with Crippen molar-refractivity contribution in [1.29, 1.82) is 0 Å². The Balaban J connectivity index is 2.11. The molecule has 2 rings (SSSR count). The molecule has 0 radical (unpaired) electrons. The maximum atomic E-state index is 11.3. The molecule has 0 unspecified atom stereocenters. The van der Waals surface area contributed by atoms with Crippen LogP contribution in [0.4, 0.5) is 5.69 Å². The Labute approximate surface area is 112 Å². The molecule has 0 atom stereocenters. The summed E-state index contributed by atoms with van der Waals surface area (Å²) in [5.74, 6) is 5.59. The molecule has 0 saturated heterocycles. The van der Waals surface area contributed by atoms with Gasteiger partial charge in [0.15, 0.2) is 5.76 Å². The van der Waals surface area contributed by atoms with E-state index in [1.807, 2.05) is 35.8 Å². The lowest BCUT2D eigenvalue weighted by molar-refractivity contribution is 0.0924. The topological polar surface area (TPSA) is 71.5 Å². The molecule has 1 aromatic carbocycles. The molecule has 5 heteroatoms. The van der Waals surface area contributed by atoms with Gasteiger partial charge in [-0.2, -0.15) is 0 Å². The number of benzene rings is 1. The first kappa shape index (κ1) is 13.2. The van der Waals surface area contributed by atoms with E-state index in [0.29, 0.717) is 6.54 Å². The number of hydrazine groups is 1. The van der Waals surface area contributed by atoms with Crippen molar-refractivity contribution in [3.63, 3.8) is 0 Å². The third-order valence-corrected chi connectivity index (χ3v) is 2.87. The predicted octanol–water partition coefficient (Wildman–Crippen LogP) is 1.91. The summed E-state index contributed by atoms with van der Waals surface area (Å²) in [6.45, 7) is 3.53. The summed E-state index contributed by atoms with van der Waals surface area (Å²) < 4.78 is 5.46. The molecule has 0 spiro atoms. The number of nitrogens with one attached hydrogen (secondary N) is 1. The summed E-state index contributed by atoms with van der Waals surface area (Å²) >= 11 is 0. The minimum absolute atomic E-state index is 0.224.